The van der Waals surface area contributed by atoms with Gasteiger partial charge in [-0.1, -0.05) is 66.7 Å². The van der Waals surface area contributed by atoms with Gasteiger partial charge in [-0.3, -0.25) is 9.69 Å². The second-order valence-electron chi connectivity index (χ2n) is 9.14. The second-order valence-corrected chi connectivity index (χ2v) is 9.14. The lowest BCUT2D eigenvalue weighted by Gasteiger charge is -2.33. The van der Waals surface area contributed by atoms with Gasteiger partial charge in [0.05, 0.1) is 25.4 Å². The Hall–Kier alpha value is -3.96. The van der Waals surface area contributed by atoms with E-state index in [1.165, 1.54) is 0 Å². The van der Waals surface area contributed by atoms with Crippen LogP contribution in [-0.4, -0.2) is 62.1 Å². The third-order valence-corrected chi connectivity index (χ3v) is 6.63. The van der Waals surface area contributed by atoms with Crippen molar-refractivity contribution in [3.05, 3.63) is 88.5 Å². The molecule has 0 amide bonds. The molecule has 1 aliphatic heterocycles. The monoisotopic (exact) mass is 512 g/mol. The maximum absolute atomic E-state index is 11.8. The molecule has 1 N–H and O–H groups in total. The molecule has 1 aliphatic rings. The molecule has 7 heteroatoms. The van der Waals surface area contributed by atoms with E-state index in [0.29, 0.717) is 44.2 Å². The lowest BCUT2D eigenvalue weighted by Crippen LogP contribution is -2.49. The summed E-state index contributed by atoms with van der Waals surface area (Å²) in [4.78, 5) is 13.7. The minimum absolute atomic E-state index is 0.165. The molecule has 0 aliphatic carbocycles. The van der Waals surface area contributed by atoms with Crippen LogP contribution in [0.3, 0.4) is 0 Å². The van der Waals surface area contributed by atoms with E-state index in [4.69, 9.17) is 14.2 Å². The van der Waals surface area contributed by atoms with Gasteiger partial charge in [-0.05, 0) is 35.2 Å². The summed E-state index contributed by atoms with van der Waals surface area (Å²) in [7, 11) is 1.62. The van der Waals surface area contributed by atoms with Crippen LogP contribution in [0.15, 0.2) is 60.7 Å². The molecule has 0 spiro atoms. The van der Waals surface area contributed by atoms with E-state index in [0.717, 1.165) is 33.4 Å². The molecule has 0 radical (unpaired) electrons. The molecule has 196 valence electrons. The molecule has 1 saturated heterocycles. The van der Waals surface area contributed by atoms with Crippen molar-refractivity contribution in [1.29, 1.82) is 5.26 Å². The topological polar surface area (TPSA) is 92.0 Å². The van der Waals surface area contributed by atoms with E-state index in [1.54, 1.807) is 7.11 Å². The third kappa shape index (κ3) is 6.48. The first kappa shape index (κ1) is 27.1. The van der Waals surface area contributed by atoms with E-state index in [-0.39, 0.29) is 6.61 Å². The van der Waals surface area contributed by atoms with Gasteiger partial charge in [0.15, 0.2) is 0 Å². The lowest BCUT2D eigenvalue weighted by atomic mass is 9.95. The summed E-state index contributed by atoms with van der Waals surface area (Å²) in [5, 5.41) is 19.6. The summed E-state index contributed by atoms with van der Waals surface area (Å²) in [5.74, 6) is -0.213. The van der Waals surface area contributed by atoms with Crippen molar-refractivity contribution < 1.29 is 24.1 Å². The van der Waals surface area contributed by atoms with E-state index in [9.17, 15) is 15.2 Å². The fraction of sp³-hybridized carbons (Fsp3) is 0.290. The van der Waals surface area contributed by atoms with Gasteiger partial charge in [-0.15, -0.1) is 0 Å². The van der Waals surface area contributed by atoms with E-state index in [1.807, 2.05) is 84.6 Å². The zero-order valence-corrected chi connectivity index (χ0v) is 21.7. The Balaban J connectivity index is 1.66. The lowest BCUT2D eigenvalue weighted by molar-refractivity contribution is -0.150. The van der Waals surface area contributed by atoms with Gasteiger partial charge < -0.3 is 19.3 Å². The third-order valence-electron chi connectivity index (χ3n) is 6.63. The van der Waals surface area contributed by atoms with Crippen LogP contribution in [0.2, 0.25) is 0 Å². The van der Waals surface area contributed by atoms with Crippen LogP contribution in [0.1, 0.15) is 27.8 Å². The first-order valence-corrected chi connectivity index (χ1v) is 12.6. The first-order chi connectivity index (χ1) is 18.5. The van der Waals surface area contributed by atoms with Crippen LogP contribution in [0.4, 0.5) is 0 Å². The van der Waals surface area contributed by atoms with E-state index in [2.05, 4.69) is 6.07 Å². The number of methoxy groups -OCH3 is 1. The van der Waals surface area contributed by atoms with Crippen molar-refractivity contribution >= 4 is 18.1 Å². The summed E-state index contributed by atoms with van der Waals surface area (Å²) in [6.45, 7) is 4.45. The van der Waals surface area contributed by atoms with Crippen molar-refractivity contribution in [2.24, 2.45) is 0 Å². The molecule has 3 aromatic rings. The first-order valence-electron chi connectivity index (χ1n) is 12.6. The van der Waals surface area contributed by atoms with Gasteiger partial charge in [0.25, 0.3) is 0 Å². The van der Waals surface area contributed by atoms with E-state index >= 15 is 0 Å². The van der Waals surface area contributed by atoms with Crippen LogP contribution in [-0.2, 0) is 20.8 Å². The number of aryl methyl sites for hydroxylation is 1. The van der Waals surface area contributed by atoms with Crippen molar-refractivity contribution in [2.45, 2.75) is 19.5 Å². The van der Waals surface area contributed by atoms with Gasteiger partial charge in [0, 0.05) is 31.3 Å². The molecule has 0 bridgehead atoms. The Labute approximate surface area is 223 Å². The molecular formula is C31H32N2O5. The highest BCUT2D eigenvalue weighted by Gasteiger charge is 2.30. The number of nitrogens with zero attached hydrogens (tertiary/aromatic N) is 2. The summed E-state index contributed by atoms with van der Waals surface area (Å²) < 4.78 is 16.6. The standard InChI is InChI=1S/C31H32N2O5/c1-22-17-26(20-33-13-14-37-21-29(33)31(34)35)30(38-16-15-36-2)18-25(22)12-11-24-9-6-10-27(28(24)19-32)23-7-4-3-5-8-23/h3-12,17-18,29H,13-16,20-21H2,1-2H3,(H,34,35). The van der Waals surface area contributed by atoms with E-state index < -0.39 is 12.0 Å². The van der Waals surface area contributed by atoms with Crippen LogP contribution in [0, 0.1) is 18.3 Å². The minimum atomic E-state index is -0.895. The maximum atomic E-state index is 11.8. The van der Waals surface area contributed by atoms with Crippen LogP contribution >= 0.6 is 0 Å². The van der Waals surface area contributed by atoms with Gasteiger partial charge in [0.2, 0.25) is 0 Å². The number of carbonyl (C=O) groups is 1. The molecule has 38 heavy (non-hydrogen) atoms. The maximum Gasteiger partial charge on any atom is 0.323 e. The number of ether oxygens (including phenoxy) is 3. The molecule has 1 heterocycles. The quantitative estimate of drug-likeness (QED) is 0.301. The number of benzene rings is 3. The Morgan fingerprint density at radius 1 is 1.13 bits per heavy atom. The summed E-state index contributed by atoms with van der Waals surface area (Å²) in [5.41, 5.74) is 6.22. The molecule has 0 aromatic heterocycles. The summed E-state index contributed by atoms with van der Waals surface area (Å²) in [6, 6.07) is 21.4. The Kier molecular flexibility index (Phi) is 9.28. The average molecular weight is 513 g/mol. The number of carboxylic acid groups (broad SMARTS) is 1. The number of nitriles is 1. The van der Waals surface area contributed by atoms with Crippen molar-refractivity contribution in [3.63, 3.8) is 0 Å². The molecular weight excluding hydrogens is 480 g/mol. The number of hydrogen-bond donors (Lipinski definition) is 1. The molecule has 3 aromatic carbocycles. The number of carboxylic acids is 1. The Morgan fingerprint density at radius 2 is 1.92 bits per heavy atom. The SMILES string of the molecule is COCCOc1cc(C=Cc2cccc(-c3ccccc3)c2C#N)c(C)cc1CN1CCOCC1C(=O)O. The zero-order valence-electron chi connectivity index (χ0n) is 21.7. The average Bonchev–Trinajstić information content (AvgIpc) is 2.94. The number of rotatable bonds is 10. The highest BCUT2D eigenvalue weighted by atomic mass is 16.5. The van der Waals surface area contributed by atoms with Crippen LogP contribution < -0.4 is 4.74 Å². The van der Waals surface area contributed by atoms with Gasteiger partial charge in [-0.25, -0.2) is 0 Å². The van der Waals surface area contributed by atoms with Crippen molar-refractivity contribution in [1.82, 2.24) is 4.90 Å². The highest BCUT2D eigenvalue weighted by Crippen LogP contribution is 2.30. The number of hydrogen-bond acceptors (Lipinski definition) is 6. The fourth-order valence-electron chi connectivity index (χ4n) is 4.58. The number of morpholine rings is 1. The van der Waals surface area contributed by atoms with Crippen LogP contribution in [0.5, 0.6) is 5.75 Å². The molecule has 1 atom stereocenters. The van der Waals surface area contributed by atoms with Crippen molar-refractivity contribution in [2.75, 3.05) is 40.1 Å². The molecule has 0 saturated carbocycles. The normalized spacial score (nSPS) is 15.9. The van der Waals surface area contributed by atoms with Crippen molar-refractivity contribution in [3.8, 4) is 22.9 Å². The fourth-order valence-corrected chi connectivity index (χ4v) is 4.58. The molecule has 1 unspecified atom stereocenters. The Bertz CT molecular complexity index is 1330. The molecule has 7 nitrogen and oxygen atoms in total. The highest BCUT2D eigenvalue weighted by molar-refractivity contribution is 5.81. The minimum Gasteiger partial charge on any atom is -0.491 e. The Morgan fingerprint density at radius 3 is 2.66 bits per heavy atom. The predicted molar refractivity (Wildman–Crippen MR) is 147 cm³/mol. The van der Waals surface area contributed by atoms with Gasteiger partial charge in [0.1, 0.15) is 24.5 Å². The van der Waals surface area contributed by atoms with Gasteiger partial charge >= 0.3 is 5.97 Å². The van der Waals surface area contributed by atoms with Gasteiger partial charge in [-0.2, -0.15) is 5.26 Å². The molecule has 1 fully saturated rings. The zero-order chi connectivity index (χ0) is 26.9. The van der Waals surface area contributed by atoms with Crippen LogP contribution in [0.25, 0.3) is 23.3 Å². The molecule has 4 rings (SSSR count). The largest absolute Gasteiger partial charge is 0.491 e. The summed E-state index contributed by atoms with van der Waals surface area (Å²) >= 11 is 0. The second kappa shape index (κ2) is 13.0. The smallest absolute Gasteiger partial charge is 0.323 e. The predicted octanol–water partition coefficient (Wildman–Crippen LogP) is 5.01. The number of aliphatic carboxylic acids is 1. The summed E-state index contributed by atoms with van der Waals surface area (Å²) in [6.07, 6.45) is 3.94.